The highest BCUT2D eigenvalue weighted by Crippen LogP contribution is 2.29. The molecule has 6 heteroatoms. The zero-order chi connectivity index (χ0) is 14.2. The Kier molecular flexibility index (Phi) is 3.33. The predicted octanol–water partition coefficient (Wildman–Crippen LogP) is 0.890. The summed E-state index contributed by atoms with van der Waals surface area (Å²) in [7, 11) is 0. The highest BCUT2D eigenvalue weighted by atomic mass is 16.4. The third kappa shape index (κ3) is 2.47. The van der Waals surface area contributed by atoms with E-state index in [0.717, 1.165) is 0 Å². The lowest BCUT2D eigenvalue weighted by Gasteiger charge is -2.41. The second kappa shape index (κ2) is 4.79. The minimum absolute atomic E-state index is 0.0291. The van der Waals surface area contributed by atoms with Crippen LogP contribution in [0.15, 0.2) is 18.2 Å². The largest absolute Gasteiger partial charge is 0.508 e. The number of nitrogens with zero attached hydrogens (tertiary/aromatic N) is 1. The fourth-order valence-electron chi connectivity index (χ4n) is 2.06. The SMILES string of the molecule is CC(C(=O)O)C1CN(C(=O)c2cc(O)ccc2O)C1. The Morgan fingerprint density at radius 3 is 2.53 bits per heavy atom. The lowest BCUT2D eigenvalue weighted by Crippen LogP contribution is -2.53. The van der Waals surface area contributed by atoms with Crippen LogP contribution in [-0.2, 0) is 4.79 Å². The molecule has 1 saturated heterocycles. The van der Waals surface area contributed by atoms with Crippen LogP contribution in [0.1, 0.15) is 17.3 Å². The molecule has 2 rings (SSSR count). The first-order valence-electron chi connectivity index (χ1n) is 5.94. The molecule has 1 heterocycles. The number of rotatable bonds is 3. The highest BCUT2D eigenvalue weighted by Gasteiger charge is 2.38. The summed E-state index contributed by atoms with van der Waals surface area (Å²) >= 11 is 0. The van der Waals surface area contributed by atoms with Crippen LogP contribution in [0.3, 0.4) is 0 Å². The predicted molar refractivity (Wildman–Crippen MR) is 66.0 cm³/mol. The maximum absolute atomic E-state index is 12.0. The zero-order valence-corrected chi connectivity index (χ0v) is 10.4. The molecule has 0 bridgehead atoms. The van der Waals surface area contributed by atoms with Crippen LogP contribution in [0, 0.1) is 11.8 Å². The minimum atomic E-state index is -0.877. The molecule has 19 heavy (non-hydrogen) atoms. The van der Waals surface area contributed by atoms with Gasteiger partial charge in [0, 0.05) is 19.0 Å². The Morgan fingerprint density at radius 1 is 1.32 bits per heavy atom. The molecule has 1 aliphatic rings. The summed E-state index contributed by atoms with van der Waals surface area (Å²) in [5.41, 5.74) is 0.0291. The van der Waals surface area contributed by atoms with Crippen LogP contribution < -0.4 is 0 Å². The molecule has 0 aliphatic carbocycles. The number of amides is 1. The van der Waals surface area contributed by atoms with Gasteiger partial charge >= 0.3 is 5.97 Å². The Morgan fingerprint density at radius 2 is 1.95 bits per heavy atom. The number of carboxylic acids is 1. The number of benzene rings is 1. The fourth-order valence-corrected chi connectivity index (χ4v) is 2.06. The van der Waals surface area contributed by atoms with Crippen LogP contribution >= 0.6 is 0 Å². The summed E-state index contributed by atoms with van der Waals surface area (Å²) in [5.74, 6) is -2.14. The van der Waals surface area contributed by atoms with Gasteiger partial charge in [0.1, 0.15) is 11.5 Å². The molecule has 6 nitrogen and oxygen atoms in total. The molecule has 0 radical (unpaired) electrons. The van der Waals surface area contributed by atoms with Crippen molar-refractivity contribution in [1.82, 2.24) is 4.90 Å². The second-order valence-electron chi connectivity index (χ2n) is 4.80. The number of phenolic OH excluding ortho intramolecular Hbond substituents is 2. The van der Waals surface area contributed by atoms with E-state index in [-0.39, 0.29) is 23.0 Å². The number of aliphatic carboxylic acids is 1. The average Bonchev–Trinajstić information content (AvgIpc) is 2.29. The molecule has 1 atom stereocenters. The Hall–Kier alpha value is -2.24. The van der Waals surface area contributed by atoms with Crippen LogP contribution in [0.25, 0.3) is 0 Å². The summed E-state index contributed by atoms with van der Waals surface area (Å²) < 4.78 is 0. The molecule has 0 saturated carbocycles. The minimum Gasteiger partial charge on any atom is -0.508 e. The van der Waals surface area contributed by atoms with Gasteiger partial charge in [-0.15, -0.1) is 0 Å². The molecule has 1 unspecified atom stereocenters. The van der Waals surface area contributed by atoms with Crippen molar-refractivity contribution in [3.63, 3.8) is 0 Å². The van der Waals surface area contributed by atoms with Gasteiger partial charge in [0.05, 0.1) is 11.5 Å². The quantitative estimate of drug-likeness (QED) is 0.705. The Balaban J connectivity index is 2.04. The number of hydrogen-bond donors (Lipinski definition) is 3. The van der Waals surface area contributed by atoms with Crippen molar-refractivity contribution in [3.05, 3.63) is 23.8 Å². The normalized spacial score (nSPS) is 16.8. The van der Waals surface area contributed by atoms with Gasteiger partial charge in [-0.2, -0.15) is 0 Å². The molecule has 3 N–H and O–H groups in total. The van der Waals surface area contributed by atoms with Crippen molar-refractivity contribution in [2.45, 2.75) is 6.92 Å². The van der Waals surface area contributed by atoms with Gasteiger partial charge in [-0.1, -0.05) is 6.92 Å². The van der Waals surface area contributed by atoms with Gasteiger partial charge in [-0.3, -0.25) is 9.59 Å². The van der Waals surface area contributed by atoms with E-state index in [1.54, 1.807) is 6.92 Å². The van der Waals surface area contributed by atoms with Crippen molar-refractivity contribution in [2.24, 2.45) is 11.8 Å². The first-order chi connectivity index (χ1) is 8.90. The molecule has 1 aliphatic heterocycles. The molecule has 0 aromatic heterocycles. The summed E-state index contributed by atoms with van der Waals surface area (Å²) in [6.45, 7) is 2.31. The third-order valence-electron chi connectivity index (χ3n) is 3.50. The van der Waals surface area contributed by atoms with E-state index in [4.69, 9.17) is 5.11 Å². The number of carbonyl (C=O) groups excluding carboxylic acids is 1. The summed E-state index contributed by atoms with van der Waals surface area (Å²) in [6, 6.07) is 3.74. The first-order valence-corrected chi connectivity index (χ1v) is 5.94. The molecule has 1 aromatic rings. The highest BCUT2D eigenvalue weighted by molar-refractivity contribution is 5.97. The van der Waals surface area contributed by atoms with Crippen molar-refractivity contribution in [1.29, 1.82) is 0 Å². The lowest BCUT2D eigenvalue weighted by atomic mass is 9.86. The van der Waals surface area contributed by atoms with Crippen molar-refractivity contribution >= 4 is 11.9 Å². The van der Waals surface area contributed by atoms with Gasteiger partial charge in [-0.25, -0.2) is 0 Å². The first kappa shape index (κ1) is 13.2. The fraction of sp³-hybridized carbons (Fsp3) is 0.385. The number of phenols is 2. The lowest BCUT2D eigenvalue weighted by molar-refractivity contribution is -0.144. The van der Waals surface area contributed by atoms with E-state index < -0.39 is 17.8 Å². The summed E-state index contributed by atoms with van der Waals surface area (Å²) in [6.07, 6.45) is 0. The van der Waals surface area contributed by atoms with E-state index in [0.29, 0.717) is 13.1 Å². The number of carboxylic acid groups (broad SMARTS) is 1. The number of carbonyl (C=O) groups is 2. The third-order valence-corrected chi connectivity index (χ3v) is 3.50. The van der Waals surface area contributed by atoms with Crippen LogP contribution in [0.5, 0.6) is 11.5 Å². The van der Waals surface area contributed by atoms with Crippen molar-refractivity contribution < 1.29 is 24.9 Å². The monoisotopic (exact) mass is 265 g/mol. The smallest absolute Gasteiger partial charge is 0.306 e. The molecule has 1 fully saturated rings. The maximum atomic E-state index is 12.0. The van der Waals surface area contributed by atoms with Gasteiger partial charge in [0.25, 0.3) is 5.91 Å². The zero-order valence-electron chi connectivity index (χ0n) is 10.4. The maximum Gasteiger partial charge on any atom is 0.306 e. The number of hydrogen-bond acceptors (Lipinski definition) is 4. The average molecular weight is 265 g/mol. The molecular formula is C13H15NO5. The Bertz CT molecular complexity index is 522. The van der Waals surface area contributed by atoms with Crippen LogP contribution in [0.2, 0.25) is 0 Å². The molecule has 102 valence electrons. The second-order valence-corrected chi connectivity index (χ2v) is 4.80. The van der Waals surface area contributed by atoms with E-state index in [9.17, 15) is 19.8 Å². The van der Waals surface area contributed by atoms with Gasteiger partial charge in [0.15, 0.2) is 0 Å². The standard InChI is InChI=1S/C13H15NO5/c1-7(13(18)19)8-5-14(6-8)12(17)10-4-9(15)2-3-11(10)16/h2-4,7-8,15-16H,5-6H2,1H3,(H,18,19). The summed E-state index contributed by atoms with van der Waals surface area (Å²) in [5, 5.41) is 27.8. The van der Waals surface area contributed by atoms with Gasteiger partial charge < -0.3 is 20.2 Å². The summed E-state index contributed by atoms with van der Waals surface area (Å²) in [4.78, 5) is 24.3. The van der Waals surface area contributed by atoms with Crippen LogP contribution in [0.4, 0.5) is 0 Å². The van der Waals surface area contributed by atoms with Crippen LogP contribution in [-0.4, -0.2) is 45.2 Å². The molecular weight excluding hydrogens is 250 g/mol. The van der Waals surface area contributed by atoms with E-state index in [1.807, 2.05) is 0 Å². The molecule has 0 spiro atoms. The van der Waals surface area contributed by atoms with E-state index >= 15 is 0 Å². The molecule has 1 aromatic carbocycles. The van der Waals surface area contributed by atoms with Gasteiger partial charge in [0.2, 0.25) is 0 Å². The Labute approximate surface area is 109 Å². The van der Waals surface area contributed by atoms with Gasteiger partial charge in [-0.05, 0) is 18.2 Å². The van der Waals surface area contributed by atoms with Crippen molar-refractivity contribution in [2.75, 3.05) is 13.1 Å². The van der Waals surface area contributed by atoms with Crippen molar-refractivity contribution in [3.8, 4) is 11.5 Å². The topological polar surface area (TPSA) is 98.1 Å². The van der Waals surface area contributed by atoms with E-state index in [2.05, 4.69) is 0 Å². The van der Waals surface area contributed by atoms with E-state index in [1.165, 1.54) is 23.1 Å². The number of likely N-dealkylation sites (tertiary alicyclic amines) is 1. The molecule has 1 amide bonds. The number of aromatic hydroxyl groups is 2.